The smallest absolute Gasteiger partial charge is 0.308 e. The van der Waals surface area contributed by atoms with Gasteiger partial charge in [0.25, 0.3) is 0 Å². The van der Waals surface area contributed by atoms with Gasteiger partial charge in [-0.15, -0.1) is 11.3 Å². The van der Waals surface area contributed by atoms with Crippen LogP contribution in [0.5, 0.6) is 0 Å². The van der Waals surface area contributed by atoms with Gasteiger partial charge >= 0.3 is 5.97 Å². The van der Waals surface area contributed by atoms with Gasteiger partial charge in [-0.2, -0.15) is 0 Å². The molecule has 1 heterocycles. The van der Waals surface area contributed by atoms with Gasteiger partial charge < -0.3 is 15.7 Å². The highest BCUT2D eigenvalue weighted by Gasteiger charge is 2.31. The van der Waals surface area contributed by atoms with Crippen molar-refractivity contribution >= 4 is 29.1 Å². The molecule has 132 valence electrons. The van der Waals surface area contributed by atoms with Crippen LogP contribution in [0.3, 0.4) is 0 Å². The molecule has 1 saturated carbocycles. The molecule has 24 heavy (non-hydrogen) atoms. The highest BCUT2D eigenvalue weighted by molar-refractivity contribution is 7.10. The van der Waals surface area contributed by atoms with E-state index in [0.717, 1.165) is 24.1 Å². The number of carbonyl (C=O) groups excluding carboxylic acids is 2. The van der Waals surface area contributed by atoms with Crippen LogP contribution in [0.1, 0.15) is 56.4 Å². The van der Waals surface area contributed by atoms with Crippen molar-refractivity contribution in [3.8, 4) is 0 Å². The lowest BCUT2D eigenvalue weighted by molar-refractivity contribution is -0.143. The van der Waals surface area contributed by atoms with Gasteiger partial charge in [0.05, 0.1) is 18.4 Å². The molecule has 1 aliphatic carbocycles. The summed E-state index contributed by atoms with van der Waals surface area (Å²) in [5.74, 6) is -1.80. The summed E-state index contributed by atoms with van der Waals surface area (Å²) in [7, 11) is 0. The maximum atomic E-state index is 12.4. The third kappa shape index (κ3) is 5.33. The lowest BCUT2D eigenvalue weighted by atomic mass is 9.94. The Balaban J connectivity index is 2.01. The van der Waals surface area contributed by atoms with Crippen molar-refractivity contribution in [2.24, 2.45) is 5.92 Å². The Hall–Kier alpha value is -1.89. The second kappa shape index (κ2) is 8.82. The third-order valence-electron chi connectivity index (χ3n) is 4.33. The Morgan fingerprint density at radius 2 is 2.04 bits per heavy atom. The number of carbonyl (C=O) groups is 3. The van der Waals surface area contributed by atoms with Crippen LogP contribution in [0.25, 0.3) is 0 Å². The molecular weight excluding hydrogens is 328 g/mol. The van der Waals surface area contributed by atoms with Crippen molar-refractivity contribution < 1.29 is 19.5 Å². The number of rotatable bonds is 6. The number of hydrogen-bond acceptors (Lipinski definition) is 4. The van der Waals surface area contributed by atoms with Crippen LogP contribution in [0.2, 0.25) is 0 Å². The summed E-state index contributed by atoms with van der Waals surface area (Å²) in [5.41, 5.74) is 0. The summed E-state index contributed by atoms with van der Waals surface area (Å²) in [6.45, 7) is 1.42. The molecule has 1 aliphatic rings. The molecular formula is C17H24N2O4S. The van der Waals surface area contributed by atoms with Crippen LogP contribution in [-0.4, -0.2) is 28.9 Å². The van der Waals surface area contributed by atoms with Crippen LogP contribution < -0.4 is 10.6 Å². The van der Waals surface area contributed by atoms with Crippen molar-refractivity contribution in [1.29, 1.82) is 0 Å². The number of nitrogens with one attached hydrogen (secondary N) is 2. The molecule has 2 amide bonds. The molecule has 1 unspecified atom stereocenters. The number of carboxylic acid groups (broad SMARTS) is 1. The molecule has 1 aromatic rings. The normalized spacial score (nSPS) is 22.2. The Morgan fingerprint density at radius 3 is 2.67 bits per heavy atom. The van der Waals surface area contributed by atoms with Crippen LogP contribution in [0.4, 0.5) is 0 Å². The van der Waals surface area contributed by atoms with E-state index in [1.54, 1.807) is 0 Å². The lowest BCUT2D eigenvalue weighted by Gasteiger charge is -2.24. The van der Waals surface area contributed by atoms with Crippen molar-refractivity contribution in [1.82, 2.24) is 10.6 Å². The van der Waals surface area contributed by atoms with Gasteiger partial charge in [0.2, 0.25) is 11.8 Å². The number of carboxylic acids is 1. The van der Waals surface area contributed by atoms with E-state index in [1.807, 2.05) is 17.5 Å². The zero-order valence-corrected chi connectivity index (χ0v) is 14.6. The number of thiophene rings is 1. The fourth-order valence-corrected chi connectivity index (χ4v) is 3.96. The largest absolute Gasteiger partial charge is 0.481 e. The summed E-state index contributed by atoms with van der Waals surface area (Å²) in [4.78, 5) is 36.2. The molecule has 3 atom stereocenters. The molecule has 7 heteroatoms. The third-order valence-corrected chi connectivity index (χ3v) is 5.32. The highest BCUT2D eigenvalue weighted by Crippen LogP contribution is 2.25. The van der Waals surface area contributed by atoms with E-state index >= 15 is 0 Å². The molecule has 0 saturated heterocycles. The Labute approximate surface area is 145 Å². The zero-order valence-electron chi connectivity index (χ0n) is 13.8. The van der Waals surface area contributed by atoms with Gasteiger partial charge in [-0.25, -0.2) is 0 Å². The summed E-state index contributed by atoms with van der Waals surface area (Å²) in [6, 6.07) is 3.04. The molecule has 1 fully saturated rings. The van der Waals surface area contributed by atoms with Gasteiger partial charge in [0.1, 0.15) is 0 Å². The number of amides is 2. The van der Waals surface area contributed by atoms with Crippen LogP contribution in [0, 0.1) is 5.92 Å². The van der Waals surface area contributed by atoms with E-state index in [2.05, 4.69) is 10.6 Å². The molecule has 6 nitrogen and oxygen atoms in total. The number of aliphatic carboxylic acids is 1. The molecule has 3 N–H and O–H groups in total. The molecule has 0 radical (unpaired) electrons. The molecule has 1 aromatic heterocycles. The van der Waals surface area contributed by atoms with Gasteiger partial charge in [-0.1, -0.05) is 25.3 Å². The van der Waals surface area contributed by atoms with E-state index in [9.17, 15) is 19.5 Å². The Kier molecular flexibility index (Phi) is 6.78. The average Bonchev–Trinajstić information content (AvgIpc) is 2.93. The van der Waals surface area contributed by atoms with Crippen molar-refractivity contribution in [3.63, 3.8) is 0 Å². The highest BCUT2D eigenvalue weighted by atomic mass is 32.1. The van der Waals surface area contributed by atoms with Gasteiger partial charge in [-0.05, 0) is 24.3 Å². The second-order valence-corrected chi connectivity index (χ2v) is 7.21. The van der Waals surface area contributed by atoms with Gasteiger partial charge in [0, 0.05) is 17.8 Å². The summed E-state index contributed by atoms with van der Waals surface area (Å²) in [5, 5.41) is 17.0. The maximum Gasteiger partial charge on any atom is 0.308 e. The predicted octanol–water partition coefficient (Wildman–Crippen LogP) is 2.47. The van der Waals surface area contributed by atoms with E-state index in [0.29, 0.717) is 12.8 Å². The maximum absolute atomic E-state index is 12.4. The van der Waals surface area contributed by atoms with Crippen molar-refractivity contribution in [2.75, 3.05) is 0 Å². The summed E-state index contributed by atoms with van der Waals surface area (Å²) >= 11 is 1.48. The topological polar surface area (TPSA) is 95.5 Å². The predicted molar refractivity (Wildman–Crippen MR) is 91.6 cm³/mol. The minimum absolute atomic E-state index is 0.114. The quantitative estimate of drug-likeness (QED) is 0.685. The Morgan fingerprint density at radius 1 is 1.29 bits per heavy atom. The van der Waals surface area contributed by atoms with Crippen molar-refractivity contribution in [2.45, 2.75) is 57.5 Å². The molecule has 0 aliphatic heterocycles. The molecule has 2 rings (SSSR count). The zero-order chi connectivity index (χ0) is 17.5. The minimum Gasteiger partial charge on any atom is -0.481 e. The summed E-state index contributed by atoms with van der Waals surface area (Å²) in [6.07, 6.45) is 4.21. The first-order valence-electron chi connectivity index (χ1n) is 8.30. The lowest BCUT2D eigenvalue weighted by Crippen LogP contribution is -2.44. The van der Waals surface area contributed by atoms with E-state index in [4.69, 9.17) is 0 Å². The minimum atomic E-state index is -0.848. The van der Waals surface area contributed by atoms with Crippen LogP contribution in [-0.2, 0) is 14.4 Å². The standard InChI is InChI=1S/C17H24N2O4S/c1-11(20)18-14(15-8-5-9-24-15)10-16(21)19-13-7-4-2-3-6-12(13)17(22)23/h5,8-9,12-14H,2-4,6-7,10H2,1H3,(H,18,20)(H,19,21)(H,22,23)/t12-,13+,14?/m1/s1. The first kappa shape index (κ1) is 18.4. The molecule has 0 aromatic carbocycles. The van der Waals surface area contributed by atoms with E-state index in [-0.39, 0.29) is 30.3 Å². The fourth-order valence-electron chi connectivity index (χ4n) is 3.18. The molecule has 0 bridgehead atoms. The van der Waals surface area contributed by atoms with Crippen LogP contribution in [0.15, 0.2) is 17.5 Å². The van der Waals surface area contributed by atoms with Crippen molar-refractivity contribution in [3.05, 3.63) is 22.4 Å². The average molecular weight is 352 g/mol. The van der Waals surface area contributed by atoms with E-state index in [1.165, 1.54) is 18.3 Å². The SMILES string of the molecule is CC(=O)NC(CC(=O)N[C@H]1CCCCC[C@H]1C(=O)O)c1cccs1. The number of hydrogen-bond donors (Lipinski definition) is 3. The first-order chi connectivity index (χ1) is 11.5. The Bertz CT molecular complexity index is 573. The summed E-state index contributed by atoms with van der Waals surface area (Å²) < 4.78 is 0. The monoisotopic (exact) mass is 352 g/mol. The first-order valence-corrected chi connectivity index (χ1v) is 9.18. The second-order valence-electron chi connectivity index (χ2n) is 6.23. The van der Waals surface area contributed by atoms with Crippen LogP contribution >= 0.6 is 11.3 Å². The van der Waals surface area contributed by atoms with E-state index < -0.39 is 11.9 Å². The van der Waals surface area contributed by atoms with Gasteiger partial charge in [-0.3, -0.25) is 14.4 Å². The molecule has 0 spiro atoms. The fraction of sp³-hybridized carbons (Fsp3) is 0.588. The van der Waals surface area contributed by atoms with Gasteiger partial charge in [0.15, 0.2) is 0 Å².